The molecule has 1 unspecified atom stereocenters. The Morgan fingerprint density at radius 2 is 2.33 bits per heavy atom. The molecule has 1 saturated heterocycles. The van der Waals surface area contributed by atoms with Crippen LogP contribution in [-0.4, -0.2) is 37.5 Å². The van der Waals surface area contributed by atoms with Crippen LogP contribution in [0.1, 0.15) is 12.5 Å². The smallest absolute Gasteiger partial charge is 0.154 e. The molecule has 1 aromatic rings. The van der Waals surface area contributed by atoms with E-state index in [1.54, 1.807) is 0 Å². The van der Waals surface area contributed by atoms with E-state index in [9.17, 15) is 12.8 Å². The maximum atomic E-state index is 13.1. The summed E-state index contributed by atoms with van der Waals surface area (Å²) in [7, 11) is -2.98. The molecule has 1 fully saturated rings. The van der Waals surface area contributed by atoms with Gasteiger partial charge < -0.3 is 10.6 Å². The second-order valence-electron chi connectivity index (χ2n) is 4.50. The molecule has 1 aliphatic rings. The first-order chi connectivity index (χ1) is 8.43. The zero-order chi connectivity index (χ0) is 13.3. The Balaban J connectivity index is 2.32. The summed E-state index contributed by atoms with van der Waals surface area (Å²) in [5.41, 5.74) is 6.17. The molecule has 0 amide bonds. The molecule has 0 radical (unpaired) electrons. The molecule has 100 valence electrons. The van der Waals surface area contributed by atoms with Crippen molar-refractivity contribution in [3.63, 3.8) is 0 Å². The number of anilines is 1. The molecule has 0 aromatic carbocycles. The van der Waals surface area contributed by atoms with Crippen LogP contribution in [-0.2, 0) is 16.4 Å². The number of halogens is 1. The van der Waals surface area contributed by atoms with Crippen molar-refractivity contribution in [2.75, 3.05) is 23.0 Å². The minimum atomic E-state index is -2.98. The Morgan fingerprint density at radius 1 is 1.61 bits per heavy atom. The first-order valence-corrected chi connectivity index (χ1v) is 7.56. The van der Waals surface area contributed by atoms with Gasteiger partial charge in [-0.05, 0) is 13.0 Å². The fraction of sp³-hybridized carbons (Fsp3) is 0.545. The van der Waals surface area contributed by atoms with Gasteiger partial charge in [0.1, 0.15) is 11.6 Å². The van der Waals surface area contributed by atoms with Gasteiger partial charge in [0, 0.05) is 24.7 Å². The van der Waals surface area contributed by atoms with Crippen LogP contribution in [0.5, 0.6) is 0 Å². The molecular weight excluding hydrogens is 257 g/mol. The van der Waals surface area contributed by atoms with Crippen molar-refractivity contribution in [1.29, 1.82) is 0 Å². The number of nitrogens with zero attached hydrogens (tertiary/aromatic N) is 2. The predicted molar refractivity (Wildman–Crippen MR) is 67.5 cm³/mol. The van der Waals surface area contributed by atoms with Crippen molar-refractivity contribution >= 4 is 15.7 Å². The van der Waals surface area contributed by atoms with Crippen LogP contribution in [0.2, 0.25) is 0 Å². The summed E-state index contributed by atoms with van der Waals surface area (Å²) in [4.78, 5) is 5.92. The van der Waals surface area contributed by atoms with Gasteiger partial charge in [0.25, 0.3) is 0 Å². The van der Waals surface area contributed by atoms with Gasteiger partial charge in [-0.15, -0.1) is 0 Å². The number of rotatable bonds is 2. The van der Waals surface area contributed by atoms with E-state index < -0.39 is 15.7 Å². The first-order valence-electron chi connectivity index (χ1n) is 5.74. The second-order valence-corrected chi connectivity index (χ2v) is 6.73. The van der Waals surface area contributed by atoms with Crippen molar-refractivity contribution in [2.45, 2.75) is 19.5 Å². The van der Waals surface area contributed by atoms with E-state index in [2.05, 4.69) is 4.98 Å². The fourth-order valence-electron chi connectivity index (χ4n) is 2.20. The highest BCUT2D eigenvalue weighted by atomic mass is 32.2. The Labute approximate surface area is 106 Å². The Kier molecular flexibility index (Phi) is 3.54. The molecule has 2 N–H and O–H groups in total. The van der Waals surface area contributed by atoms with E-state index in [-0.39, 0.29) is 24.1 Å². The lowest BCUT2D eigenvalue weighted by atomic mass is 10.2. The Bertz CT molecular complexity index is 547. The number of hydrogen-bond donors (Lipinski definition) is 1. The lowest BCUT2D eigenvalue weighted by molar-refractivity contribution is 0.564. The molecule has 0 aliphatic carbocycles. The fourth-order valence-corrected chi connectivity index (χ4v) is 3.75. The third-order valence-electron chi connectivity index (χ3n) is 3.07. The summed E-state index contributed by atoms with van der Waals surface area (Å²) >= 11 is 0. The monoisotopic (exact) mass is 273 g/mol. The minimum absolute atomic E-state index is 0.0933. The maximum absolute atomic E-state index is 13.1. The van der Waals surface area contributed by atoms with Gasteiger partial charge in [0.2, 0.25) is 0 Å². The molecular formula is C11H16FN3O2S. The van der Waals surface area contributed by atoms with Crippen molar-refractivity contribution in [3.05, 3.63) is 23.6 Å². The van der Waals surface area contributed by atoms with Crippen LogP contribution in [0, 0.1) is 5.82 Å². The summed E-state index contributed by atoms with van der Waals surface area (Å²) in [6.45, 7) is 2.37. The normalized spacial score (nSPS) is 23.1. The summed E-state index contributed by atoms with van der Waals surface area (Å²) in [6.07, 6.45) is 1.13. The predicted octanol–water partition coefficient (Wildman–Crippen LogP) is 0.303. The Hall–Kier alpha value is -1.21. The van der Waals surface area contributed by atoms with Crippen LogP contribution in [0.3, 0.4) is 0 Å². The number of aromatic nitrogens is 1. The van der Waals surface area contributed by atoms with Crippen LogP contribution in [0.4, 0.5) is 10.2 Å². The largest absolute Gasteiger partial charge is 0.352 e. The van der Waals surface area contributed by atoms with E-state index in [0.717, 1.165) is 6.20 Å². The third kappa shape index (κ3) is 2.62. The van der Waals surface area contributed by atoms with Crippen molar-refractivity contribution < 1.29 is 12.8 Å². The molecule has 0 spiro atoms. The highest BCUT2D eigenvalue weighted by molar-refractivity contribution is 7.91. The van der Waals surface area contributed by atoms with Crippen molar-refractivity contribution in [1.82, 2.24) is 4.98 Å². The van der Waals surface area contributed by atoms with E-state index in [1.165, 1.54) is 6.07 Å². The minimum Gasteiger partial charge on any atom is -0.352 e. The summed E-state index contributed by atoms with van der Waals surface area (Å²) in [5.74, 6) is 0.342. The first kappa shape index (κ1) is 13.2. The average molecular weight is 273 g/mol. The van der Waals surface area contributed by atoms with Gasteiger partial charge in [-0.1, -0.05) is 0 Å². The van der Waals surface area contributed by atoms with Crippen LogP contribution >= 0.6 is 0 Å². The second kappa shape index (κ2) is 4.81. The highest BCUT2D eigenvalue weighted by Crippen LogP contribution is 2.23. The van der Waals surface area contributed by atoms with E-state index in [1.807, 2.05) is 11.8 Å². The zero-order valence-corrected chi connectivity index (χ0v) is 11.0. The molecule has 0 saturated carbocycles. The zero-order valence-electron chi connectivity index (χ0n) is 10.1. The van der Waals surface area contributed by atoms with Gasteiger partial charge >= 0.3 is 0 Å². The van der Waals surface area contributed by atoms with Gasteiger partial charge in [0.15, 0.2) is 9.84 Å². The molecule has 1 aliphatic heterocycles. The lowest BCUT2D eigenvalue weighted by Gasteiger charge is -2.35. The van der Waals surface area contributed by atoms with Gasteiger partial charge in [-0.25, -0.2) is 17.8 Å². The van der Waals surface area contributed by atoms with Gasteiger partial charge in [-0.2, -0.15) is 0 Å². The maximum Gasteiger partial charge on any atom is 0.154 e. The molecule has 18 heavy (non-hydrogen) atoms. The lowest BCUT2D eigenvalue weighted by Crippen LogP contribution is -2.47. The molecule has 0 bridgehead atoms. The number of hydrogen-bond acceptors (Lipinski definition) is 5. The topological polar surface area (TPSA) is 76.3 Å². The van der Waals surface area contributed by atoms with E-state index >= 15 is 0 Å². The van der Waals surface area contributed by atoms with E-state index in [4.69, 9.17) is 5.73 Å². The average Bonchev–Trinajstić information content (AvgIpc) is 2.29. The van der Waals surface area contributed by atoms with Gasteiger partial charge in [-0.3, -0.25) is 0 Å². The third-order valence-corrected chi connectivity index (χ3v) is 4.87. The molecule has 1 aromatic heterocycles. The number of nitrogens with two attached hydrogens (primary N) is 1. The summed E-state index contributed by atoms with van der Waals surface area (Å²) < 4.78 is 36.1. The molecule has 1 atom stereocenters. The Morgan fingerprint density at radius 3 is 2.94 bits per heavy atom. The van der Waals surface area contributed by atoms with E-state index in [0.29, 0.717) is 17.9 Å². The molecule has 2 rings (SSSR count). The van der Waals surface area contributed by atoms with Gasteiger partial charge in [0.05, 0.1) is 17.7 Å². The van der Waals surface area contributed by atoms with Crippen LogP contribution in [0.15, 0.2) is 12.3 Å². The highest BCUT2D eigenvalue weighted by Gasteiger charge is 2.29. The molecule has 2 heterocycles. The number of pyridine rings is 1. The molecule has 7 heteroatoms. The van der Waals surface area contributed by atoms with Crippen molar-refractivity contribution in [3.8, 4) is 0 Å². The quantitative estimate of drug-likeness (QED) is 0.839. The van der Waals surface area contributed by atoms with Crippen LogP contribution in [0.25, 0.3) is 0 Å². The SMILES string of the molecule is CC1CS(=O)(=O)CCN1c1ncc(F)cc1CN. The standard InChI is InChI=1S/C11H16FN3O2S/c1-8-7-18(16,17)3-2-15(8)11-9(5-13)4-10(12)6-14-11/h4,6,8H,2-3,5,7,13H2,1H3. The number of sulfone groups is 1. The molecule has 5 nitrogen and oxygen atoms in total. The summed E-state index contributed by atoms with van der Waals surface area (Å²) in [6, 6.07) is 1.17. The summed E-state index contributed by atoms with van der Waals surface area (Å²) in [5, 5.41) is 0. The van der Waals surface area contributed by atoms with Crippen LogP contribution < -0.4 is 10.6 Å². The van der Waals surface area contributed by atoms with Crippen molar-refractivity contribution in [2.24, 2.45) is 5.73 Å².